The summed E-state index contributed by atoms with van der Waals surface area (Å²) in [6.07, 6.45) is 1.54. The fourth-order valence-corrected chi connectivity index (χ4v) is 3.06. The van der Waals surface area contributed by atoms with Gasteiger partial charge in [0.1, 0.15) is 0 Å². The first-order valence-corrected chi connectivity index (χ1v) is 8.19. The van der Waals surface area contributed by atoms with Crippen molar-refractivity contribution in [2.75, 3.05) is 40.0 Å². The summed E-state index contributed by atoms with van der Waals surface area (Å²) in [5.41, 5.74) is 0.640. The molecule has 0 amide bonds. The Balaban J connectivity index is 1.66. The molecule has 1 aliphatic heterocycles. The topological polar surface area (TPSA) is 41.9 Å². The van der Waals surface area contributed by atoms with E-state index in [1.54, 1.807) is 7.11 Å². The zero-order valence-electron chi connectivity index (χ0n) is 13.8. The van der Waals surface area contributed by atoms with Gasteiger partial charge < -0.3 is 19.5 Å². The molecule has 1 aromatic rings. The summed E-state index contributed by atoms with van der Waals surface area (Å²) in [6, 6.07) is 10.2. The summed E-state index contributed by atoms with van der Waals surface area (Å²) in [5, 5.41) is 10.7. The van der Waals surface area contributed by atoms with Crippen LogP contribution in [0, 0.1) is 5.92 Å². The highest BCUT2D eigenvalue weighted by molar-refractivity contribution is 5.13. The highest BCUT2D eigenvalue weighted by atomic mass is 16.5. The van der Waals surface area contributed by atoms with Crippen LogP contribution >= 0.6 is 0 Å². The van der Waals surface area contributed by atoms with E-state index in [-0.39, 0.29) is 5.92 Å². The number of hydrogen-bond donors (Lipinski definition) is 1. The molecule has 0 spiro atoms. The Kier molecular flexibility index (Phi) is 6.83. The van der Waals surface area contributed by atoms with E-state index in [1.165, 1.54) is 5.56 Å². The second-order valence-corrected chi connectivity index (χ2v) is 6.34. The zero-order chi connectivity index (χ0) is 15.8. The maximum absolute atomic E-state index is 10.7. The van der Waals surface area contributed by atoms with Crippen LogP contribution < -0.4 is 0 Å². The highest BCUT2D eigenvalue weighted by Crippen LogP contribution is 2.30. The first-order valence-electron chi connectivity index (χ1n) is 8.19. The molecule has 1 aliphatic rings. The van der Waals surface area contributed by atoms with E-state index in [9.17, 15) is 5.11 Å². The van der Waals surface area contributed by atoms with E-state index >= 15 is 0 Å². The van der Waals surface area contributed by atoms with Crippen molar-refractivity contribution in [2.45, 2.75) is 32.0 Å². The van der Waals surface area contributed by atoms with Crippen molar-refractivity contribution in [3.05, 3.63) is 35.9 Å². The summed E-state index contributed by atoms with van der Waals surface area (Å²) in [5.74, 6) is 0.269. The minimum Gasteiger partial charge on any atom is -0.389 e. The minimum atomic E-state index is -0.572. The first kappa shape index (κ1) is 17.4. The smallest absolute Gasteiger partial charge is 0.0719 e. The third-order valence-corrected chi connectivity index (χ3v) is 4.71. The molecule has 0 bridgehead atoms. The fourth-order valence-electron chi connectivity index (χ4n) is 3.06. The number of hydrogen-bond acceptors (Lipinski definition) is 4. The van der Waals surface area contributed by atoms with Crippen LogP contribution in [0.4, 0.5) is 0 Å². The number of methoxy groups -OCH3 is 1. The fraction of sp³-hybridized carbons (Fsp3) is 0.667. The molecule has 1 N–H and O–H groups in total. The molecular formula is C18H29NO3. The van der Waals surface area contributed by atoms with Crippen molar-refractivity contribution in [1.29, 1.82) is 0 Å². The van der Waals surface area contributed by atoms with Crippen molar-refractivity contribution in [2.24, 2.45) is 5.92 Å². The number of benzene rings is 1. The Morgan fingerprint density at radius 2 is 2.05 bits per heavy atom. The molecule has 0 radical (unpaired) electrons. The van der Waals surface area contributed by atoms with Crippen molar-refractivity contribution in [3.8, 4) is 0 Å². The number of aliphatic hydroxyl groups is 1. The maximum atomic E-state index is 10.7. The van der Waals surface area contributed by atoms with E-state index in [1.807, 2.05) is 18.2 Å². The molecule has 4 nitrogen and oxygen atoms in total. The van der Waals surface area contributed by atoms with Crippen LogP contribution in [0.1, 0.15) is 25.3 Å². The number of rotatable bonds is 8. The average molecular weight is 307 g/mol. The summed E-state index contributed by atoms with van der Waals surface area (Å²) in [4.78, 5) is 2.39. The molecule has 0 aromatic heterocycles. The second kappa shape index (κ2) is 8.63. The average Bonchev–Trinajstić information content (AvgIpc) is 2.54. The Hall–Kier alpha value is -0.940. The largest absolute Gasteiger partial charge is 0.389 e. The lowest BCUT2D eigenvalue weighted by Gasteiger charge is -2.43. The van der Waals surface area contributed by atoms with Crippen LogP contribution in [-0.4, -0.2) is 55.6 Å². The maximum Gasteiger partial charge on any atom is 0.0719 e. The van der Waals surface area contributed by atoms with Crippen molar-refractivity contribution in [3.63, 3.8) is 0 Å². The van der Waals surface area contributed by atoms with Gasteiger partial charge >= 0.3 is 0 Å². The van der Waals surface area contributed by atoms with E-state index < -0.39 is 5.60 Å². The van der Waals surface area contributed by atoms with Gasteiger partial charge in [0.25, 0.3) is 0 Å². The molecule has 22 heavy (non-hydrogen) atoms. The molecule has 1 aromatic carbocycles. The SMILES string of the molecule is COCC[C@]1(O)CCN(CCOCc2ccccc2)C[C@H]1C. The third-order valence-electron chi connectivity index (χ3n) is 4.71. The summed E-state index contributed by atoms with van der Waals surface area (Å²) in [7, 11) is 1.69. The number of nitrogens with zero attached hydrogens (tertiary/aromatic N) is 1. The Bertz CT molecular complexity index is 426. The Morgan fingerprint density at radius 1 is 1.27 bits per heavy atom. The van der Waals surface area contributed by atoms with Gasteiger partial charge in [0.2, 0.25) is 0 Å². The Morgan fingerprint density at radius 3 is 2.73 bits per heavy atom. The van der Waals surface area contributed by atoms with Crippen LogP contribution in [0.15, 0.2) is 30.3 Å². The van der Waals surface area contributed by atoms with Crippen LogP contribution in [-0.2, 0) is 16.1 Å². The normalized spacial score (nSPS) is 26.2. The highest BCUT2D eigenvalue weighted by Gasteiger charge is 2.38. The number of piperidine rings is 1. The van der Waals surface area contributed by atoms with E-state index in [0.29, 0.717) is 13.2 Å². The standard InChI is InChI=1S/C18H29NO3/c1-16-14-19(10-8-18(16,20)9-12-21-2)11-13-22-15-17-6-4-3-5-7-17/h3-7,16,20H,8-15H2,1-2H3/t16-,18-/m1/s1. The van der Waals surface area contributed by atoms with Crippen LogP contribution in [0.5, 0.6) is 0 Å². The molecule has 0 unspecified atom stereocenters. The predicted octanol–water partition coefficient (Wildman–Crippen LogP) is 2.31. The number of ether oxygens (including phenoxy) is 2. The van der Waals surface area contributed by atoms with Gasteiger partial charge in [-0.15, -0.1) is 0 Å². The van der Waals surface area contributed by atoms with Gasteiger partial charge in [-0.05, 0) is 24.3 Å². The third kappa shape index (κ3) is 5.06. The molecule has 0 saturated carbocycles. The van der Waals surface area contributed by atoms with Gasteiger partial charge in [-0.25, -0.2) is 0 Å². The molecule has 2 atom stereocenters. The van der Waals surface area contributed by atoms with Gasteiger partial charge in [0.05, 0.1) is 18.8 Å². The second-order valence-electron chi connectivity index (χ2n) is 6.34. The molecular weight excluding hydrogens is 278 g/mol. The predicted molar refractivity (Wildman–Crippen MR) is 87.8 cm³/mol. The molecule has 1 saturated heterocycles. The molecule has 4 heteroatoms. The molecule has 124 valence electrons. The minimum absolute atomic E-state index is 0.269. The van der Waals surface area contributed by atoms with E-state index in [0.717, 1.165) is 39.1 Å². The van der Waals surface area contributed by atoms with Crippen LogP contribution in [0.3, 0.4) is 0 Å². The van der Waals surface area contributed by atoms with Gasteiger partial charge in [0, 0.05) is 33.4 Å². The van der Waals surface area contributed by atoms with Gasteiger partial charge in [0.15, 0.2) is 0 Å². The summed E-state index contributed by atoms with van der Waals surface area (Å²) >= 11 is 0. The quantitative estimate of drug-likeness (QED) is 0.748. The first-order chi connectivity index (χ1) is 10.6. The van der Waals surface area contributed by atoms with Crippen LogP contribution in [0.2, 0.25) is 0 Å². The van der Waals surface area contributed by atoms with E-state index in [4.69, 9.17) is 9.47 Å². The van der Waals surface area contributed by atoms with Crippen molar-refractivity contribution in [1.82, 2.24) is 4.90 Å². The summed E-state index contributed by atoms with van der Waals surface area (Å²) in [6.45, 7) is 6.94. The van der Waals surface area contributed by atoms with Crippen molar-refractivity contribution < 1.29 is 14.6 Å². The number of likely N-dealkylation sites (tertiary alicyclic amines) is 1. The van der Waals surface area contributed by atoms with E-state index in [2.05, 4.69) is 24.0 Å². The van der Waals surface area contributed by atoms with Crippen molar-refractivity contribution >= 4 is 0 Å². The summed E-state index contributed by atoms with van der Waals surface area (Å²) < 4.78 is 10.9. The van der Waals surface area contributed by atoms with Gasteiger partial charge in [-0.2, -0.15) is 0 Å². The molecule has 2 rings (SSSR count). The zero-order valence-corrected chi connectivity index (χ0v) is 13.8. The monoisotopic (exact) mass is 307 g/mol. The Labute approximate surface area is 134 Å². The molecule has 1 fully saturated rings. The molecule has 1 heterocycles. The lowest BCUT2D eigenvalue weighted by atomic mass is 9.80. The van der Waals surface area contributed by atoms with Gasteiger partial charge in [-0.1, -0.05) is 37.3 Å². The lowest BCUT2D eigenvalue weighted by Crippen LogP contribution is -2.51. The van der Waals surface area contributed by atoms with Gasteiger partial charge in [-0.3, -0.25) is 0 Å². The van der Waals surface area contributed by atoms with Crippen LogP contribution in [0.25, 0.3) is 0 Å². The lowest BCUT2D eigenvalue weighted by molar-refractivity contribution is -0.0843. The molecule has 0 aliphatic carbocycles.